The van der Waals surface area contributed by atoms with E-state index in [4.69, 9.17) is 5.73 Å². The van der Waals surface area contributed by atoms with E-state index in [-0.39, 0.29) is 12.4 Å². The van der Waals surface area contributed by atoms with Crippen molar-refractivity contribution in [2.75, 3.05) is 0 Å². The first-order valence-corrected chi connectivity index (χ1v) is 8.35. The minimum absolute atomic E-state index is 0. The maximum absolute atomic E-state index is 5.62. The zero-order valence-corrected chi connectivity index (χ0v) is 14.6. The fraction of sp³-hybridized carbons (Fsp3) is 0.111. The number of aromatic nitrogens is 3. The van der Waals surface area contributed by atoms with E-state index in [1.54, 1.807) is 11.3 Å². The number of rotatable bonds is 4. The van der Waals surface area contributed by atoms with Gasteiger partial charge in [-0.3, -0.25) is 0 Å². The highest BCUT2D eigenvalue weighted by Gasteiger charge is 2.05. The minimum Gasteiger partial charge on any atom is -0.326 e. The van der Waals surface area contributed by atoms with Gasteiger partial charge in [0.25, 0.3) is 0 Å². The quantitative estimate of drug-likeness (QED) is 0.599. The van der Waals surface area contributed by atoms with Gasteiger partial charge in [0.1, 0.15) is 5.01 Å². The number of para-hydroxylation sites is 2. The van der Waals surface area contributed by atoms with Crippen molar-refractivity contribution in [3.8, 4) is 10.6 Å². The molecule has 0 spiro atoms. The van der Waals surface area contributed by atoms with Gasteiger partial charge in [-0.05, 0) is 17.7 Å². The molecular weight excluding hydrogens is 340 g/mol. The van der Waals surface area contributed by atoms with Crippen LogP contribution in [0.2, 0.25) is 0 Å². The van der Waals surface area contributed by atoms with Crippen LogP contribution in [0.5, 0.6) is 0 Å². The van der Waals surface area contributed by atoms with Crippen molar-refractivity contribution >= 4 is 34.8 Å². The zero-order valence-electron chi connectivity index (χ0n) is 12.9. The summed E-state index contributed by atoms with van der Waals surface area (Å²) in [6.07, 6.45) is 1.90. The Kier molecular flexibility index (Phi) is 4.94. The Bertz CT molecular complexity index is 943. The minimum atomic E-state index is 0. The maximum atomic E-state index is 5.62. The Morgan fingerprint density at radius 2 is 1.83 bits per heavy atom. The van der Waals surface area contributed by atoms with Crippen LogP contribution in [0, 0.1) is 0 Å². The van der Waals surface area contributed by atoms with E-state index in [0.717, 1.165) is 33.8 Å². The van der Waals surface area contributed by atoms with Crippen molar-refractivity contribution in [2.24, 2.45) is 5.73 Å². The molecule has 0 aliphatic rings. The van der Waals surface area contributed by atoms with Crippen LogP contribution in [0.4, 0.5) is 0 Å². The zero-order chi connectivity index (χ0) is 15.6. The summed E-state index contributed by atoms with van der Waals surface area (Å²) >= 11 is 1.63. The van der Waals surface area contributed by atoms with Gasteiger partial charge in [0.15, 0.2) is 0 Å². The second-order valence-electron chi connectivity index (χ2n) is 5.41. The van der Waals surface area contributed by atoms with Crippen molar-refractivity contribution in [1.29, 1.82) is 0 Å². The standard InChI is InChI=1S/C18H16N4S.ClH/c19-9-15-11-23-18(21-15)14-7-5-13(6-8-14)10-22-12-20-16-3-1-2-4-17(16)22;/h1-8,11-12H,9-10,19H2;1H. The van der Waals surface area contributed by atoms with E-state index in [2.05, 4.69) is 44.9 Å². The predicted molar refractivity (Wildman–Crippen MR) is 102 cm³/mol. The van der Waals surface area contributed by atoms with E-state index in [9.17, 15) is 0 Å². The number of fused-ring (bicyclic) bond motifs is 1. The van der Waals surface area contributed by atoms with E-state index in [1.807, 2.05) is 29.9 Å². The number of halogens is 1. The Labute approximate surface area is 150 Å². The van der Waals surface area contributed by atoms with Crippen molar-refractivity contribution < 1.29 is 0 Å². The molecule has 0 radical (unpaired) electrons. The molecular formula is C18H17ClN4S. The third-order valence-electron chi connectivity index (χ3n) is 3.84. The Hall–Kier alpha value is -2.21. The van der Waals surface area contributed by atoms with Crippen LogP contribution in [-0.4, -0.2) is 14.5 Å². The summed E-state index contributed by atoms with van der Waals surface area (Å²) in [7, 11) is 0. The van der Waals surface area contributed by atoms with Crippen LogP contribution in [0.3, 0.4) is 0 Å². The molecule has 0 unspecified atom stereocenters. The number of benzene rings is 2. The molecule has 24 heavy (non-hydrogen) atoms. The summed E-state index contributed by atoms with van der Waals surface area (Å²) in [6, 6.07) is 16.7. The van der Waals surface area contributed by atoms with Crippen LogP contribution in [0.15, 0.2) is 60.2 Å². The normalized spacial score (nSPS) is 10.7. The first kappa shape index (κ1) is 16.6. The average molecular weight is 357 g/mol. The second kappa shape index (κ2) is 7.13. The molecule has 0 aliphatic heterocycles. The molecule has 0 saturated heterocycles. The van der Waals surface area contributed by atoms with E-state index >= 15 is 0 Å². The largest absolute Gasteiger partial charge is 0.326 e. The van der Waals surface area contributed by atoms with E-state index in [0.29, 0.717) is 6.54 Å². The molecule has 4 nitrogen and oxygen atoms in total. The lowest BCUT2D eigenvalue weighted by atomic mass is 10.1. The van der Waals surface area contributed by atoms with Gasteiger partial charge in [-0.2, -0.15) is 0 Å². The molecule has 0 atom stereocenters. The van der Waals surface area contributed by atoms with Gasteiger partial charge < -0.3 is 10.3 Å². The summed E-state index contributed by atoms with van der Waals surface area (Å²) in [6.45, 7) is 1.30. The topological polar surface area (TPSA) is 56.7 Å². The Morgan fingerprint density at radius 3 is 2.58 bits per heavy atom. The van der Waals surface area contributed by atoms with Crippen LogP contribution in [0.25, 0.3) is 21.6 Å². The van der Waals surface area contributed by atoms with Crippen LogP contribution >= 0.6 is 23.7 Å². The van der Waals surface area contributed by atoms with Crippen LogP contribution in [-0.2, 0) is 13.1 Å². The number of nitrogens with two attached hydrogens (primary N) is 1. The predicted octanol–water partition coefficient (Wildman–Crippen LogP) is 4.09. The average Bonchev–Trinajstić information content (AvgIpc) is 3.23. The fourth-order valence-corrected chi connectivity index (χ4v) is 3.46. The highest BCUT2D eigenvalue weighted by molar-refractivity contribution is 7.13. The van der Waals surface area contributed by atoms with E-state index < -0.39 is 0 Å². The highest BCUT2D eigenvalue weighted by atomic mass is 35.5. The number of hydrogen-bond donors (Lipinski definition) is 1. The van der Waals surface area contributed by atoms with Crippen LogP contribution < -0.4 is 5.73 Å². The Balaban J connectivity index is 0.00000169. The molecule has 0 aliphatic carbocycles. The molecule has 4 rings (SSSR count). The van der Waals surface area contributed by atoms with Crippen molar-refractivity contribution in [3.63, 3.8) is 0 Å². The van der Waals surface area contributed by atoms with Gasteiger partial charge in [0.05, 0.1) is 23.1 Å². The molecule has 6 heteroatoms. The second-order valence-corrected chi connectivity index (χ2v) is 6.26. The van der Waals surface area contributed by atoms with Gasteiger partial charge in [-0.25, -0.2) is 9.97 Å². The van der Waals surface area contributed by atoms with Crippen LogP contribution in [0.1, 0.15) is 11.3 Å². The smallest absolute Gasteiger partial charge is 0.123 e. The molecule has 0 amide bonds. The third kappa shape index (κ3) is 3.19. The molecule has 122 valence electrons. The van der Waals surface area contributed by atoms with E-state index in [1.165, 1.54) is 5.56 Å². The van der Waals surface area contributed by atoms with Gasteiger partial charge in [0.2, 0.25) is 0 Å². The van der Waals surface area contributed by atoms with Gasteiger partial charge in [0, 0.05) is 24.0 Å². The lowest BCUT2D eigenvalue weighted by molar-refractivity contribution is 0.824. The molecule has 2 aromatic carbocycles. The first-order chi connectivity index (χ1) is 11.3. The van der Waals surface area contributed by atoms with Gasteiger partial charge in [-0.15, -0.1) is 23.7 Å². The third-order valence-corrected chi connectivity index (χ3v) is 4.78. The fourth-order valence-electron chi connectivity index (χ4n) is 2.62. The summed E-state index contributed by atoms with van der Waals surface area (Å²) in [5.41, 5.74) is 11.1. The number of nitrogens with zero attached hydrogens (tertiary/aromatic N) is 3. The van der Waals surface area contributed by atoms with Crippen molar-refractivity contribution in [3.05, 3.63) is 71.5 Å². The Morgan fingerprint density at radius 1 is 1.04 bits per heavy atom. The summed E-state index contributed by atoms with van der Waals surface area (Å²) in [5.74, 6) is 0. The maximum Gasteiger partial charge on any atom is 0.123 e. The summed E-state index contributed by atoms with van der Waals surface area (Å²) in [4.78, 5) is 8.96. The lowest BCUT2D eigenvalue weighted by Gasteiger charge is -2.05. The lowest BCUT2D eigenvalue weighted by Crippen LogP contribution is -1.97. The van der Waals surface area contributed by atoms with Crippen molar-refractivity contribution in [2.45, 2.75) is 13.1 Å². The molecule has 2 N–H and O–H groups in total. The molecule has 2 heterocycles. The molecule has 0 fully saturated rings. The summed E-state index contributed by atoms with van der Waals surface area (Å²) in [5, 5.41) is 3.03. The molecule has 0 saturated carbocycles. The van der Waals surface area contributed by atoms with Crippen molar-refractivity contribution in [1.82, 2.24) is 14.5 Å². The SMILES string of the molecule is Cl.NCc1csc(-c2ccc(Cn3cnc4ccccc43)cc2)n1. The number of imidazole rings is 1. The van der Waals surface area contributed by atoms with Gasteiger partial charge in [-0.1, -0.05) is 36.4 Å². The molecule has 4 aromatic rings. The monoisotopic (exact) mass is 356 g/mol. The molecule has 0 bridgehead atoms. The number of thiazole rings is 1. The molecule has 2 aromatic heterocycles. The highest BCUT2D eigenvalue weighted by Crippen LogP contribution is 2.24. The number of hydrogen-bond acceptors (Lipinski definition) is 4. The van der Waals surface area contributed by atoms with Gasteiger partial charge >= 0.3 is 0 Å². The first-order valence-electron chi connectivity index (χ1n) is 7.47. The summed E-state index contributed by atoms with van der Waals surface area (Å²) < 4.78 is 2.17.